The van der Waals surface area contributed by atoms with E-state index in [0.29, 0.717) is 5.17 Å². The highest BCUT2D eigenvalue weighted by Gasteiger charge is 2.32. The minimum absolute atomic E-state index is 0.225. The molecule has 1 aliphatic heterocycles. The van der Waals surface area contributed by atoms with E-state index >= 15 is 0 Å². The van der Waals surface area contributed by atoms with Crippen LogP contribution in [0.4, 0.5) is 0 Å². The van der Waals surface area contributed by atoms with E-state index in [1.54, 1.807) is 6.21 Å². The van der Waals surface area contributed by atoms with Gasteiger partial charge in [0.15, 0.2) is 5.17 Å². The number of thioether (sulfide) groups is 1. The van der Waals surface area contributed by atoms with Gasteiger partial charge in [0.1, 0.15) is 5.25 Å². The summed E-state index contributed by atoms with van der Waals surface area (Å²) in [5.74, 6) is -1.36. The van der Waals surface area contributed by atoms with E-state index in [4.69, 9.17) is 5.11 Å². The first-order chi connectivity index (χ1) is 9.04. The molecule has 1 unspecified atom stereocenters. The van der Waals surface area contributed by atoms with Crippen LogP contribution in [0, 0.1) is 0 Å². The molecular weight excluding hydrogens is 354 g/mol. The van der Waals surface area contributed by atoms with Crippen molar-refractivity contribution in [3.8, 4) is 0 Å². The molecule has 0 bridgehead atoms. The average Bonchev–Trinajstić information content (AvgIpc) is 2.86. The number of hydrogen-bond donors (Lipinski definition) is 2. The number of halogens is 1. The second-order valence-electron chi connectivity index (χ2n) is 3.49. The number of carboxylic acids is 1. The van der Waals surface area contributed by atoms with Crippen LogP contribution in [0.15, 0.2) is 26.1 Å². The summed E-state index contributed by atoms with van der Waals surface area (Å²) in [7, 11) is 0. The Kier molecular flexibility index (Phi) is 4.72. The zero-order chi connectivity index (χ0) is 13.8. The van der Waals surface area contributed by atoms with Crippen molar-refractivity contribution in [1.29, 1.82) is 0 Å². The lowest BCUT2D eigenvalue weighted by molar-refractivity contribution is -0.138. The predicted octanol–water partition coefficient (Wildman–Crippen LogP) is 1.91. The zero-order valence-corrected chi connectivity index (χ0v) is 12.6. The summed E-state index contributed by atoms with van der Waals surface area (Å²) in [6.07, 6.45) is 1.34. The van der Waals surface area contributed by atoms with Gasteiger partial charge in [0.25, 0.3) is 0 Å². The van der Waals surface area contributed by atoms with Crippen LogP contribution in [0.25, 0.3) is 0 Å². The van der Waals surface area contributed by atoms with Crippen LogP contribution < -0.4 is 5.32 Å². The van der Waals surface area contributed by atoms with Crippen LogP contribution in [-0.4, -0.2) is 33.6 Å². The quantitative estimate of drug-likeness (QED) is 0.632. The summed E-state index contributed by atoms with van der Waals surface area (Å²) in [4.78, 5) is 22.9. The van der Waals surface area contributed by atoms with Gasteiger partial charge in [0.05, 0.1) is 16.4 Å². The molecule has 2 heterocycles. The maximum Gasteiger partial charge on any atom is 0.305 e. The van der Waals surface area contributed by atoms with E-state index in [9.17, 15) is 9.59 Å². The fourth-order valence-corrected chi connectivity index (χ4v) is 3.49. The molecule has 0 saturated carbocycles. The lowest BCUT2D eigenvalue weighted by Gasteiger charge is -1.97. The number of rotatable bonds is 4. The topological polar surface area (TPSA) is 91.1 Å². The van der Waals surface area contributed by atoms with Crippen molar-refractivity contribution >= 4 is 62.3 Å². The van der Waals surface area contributed by atoms with Crippen LogP contribution in [0.3, 0.4) is 0 Å². The third-order valence-electron chi connectivity index (χ3n) is 2.06. The van der Waals surface area contributed by atoms with Crippen molar-refractivity contribution in [3.63, 3.8) is 0 Å². The van der Waals surface area contributed by atoms with E-state index in [-0.39, 0.29) is 12.3 Å². The first-order valence-electron chi connectivity index (χ1n) is 5.10. The molecular formula is C10H8BrN3O3S2. The molecule has 0 radical (unpaired) electrons. The normalized spacial score (nSPS) is 21.2. The number of hydrogen-bond acceptors (Lipinski definition) is 6. The molecule has 0 aromatic carbocycles. The van der Waals surface area contributed by atoms with Gasteiger partial charge in [-0.3, -0.25) is 9.59 Å². The molecule has 9 heteroatoms. The SMILES string of the molecule is O=C(O)CC1S/C(=N\N=C\c2ccc(Br)s2)NC1=O. The molecule has 0 aliphatic carbocycles. The number of carboxylic acid groups (broad SMARTS) is 1. The zero-order valence-electron chi connectivity index (χ0n) is 9.37. The first kappa shape index (κ1) is 14.2. The summed E-state index contributed by atoms with van der Waals surface area (Å²) < 4.78 is 0.992. The highest BCUT2D eigenvalue weighted by Crippen LogP contribution is 2.23. The van der Waals surface area contributed by atoms with Crippen molar-refractivity contribution in [2.75, 3.05) is 0 Å². The van der Waals surface area contributed by atoms with Crippen LogP contribution in [-0.2, 0) is 9.59 Å². The van der Waals surface area contributed by atoms with Crippen molar-refractivity contribution in [1.82, 2.24) is 5.32 Å². The summed E-state index contributed by atoms with van der Waals surface area (Å²) in [6.45, 7) is 0. The summed E-state index contributed by atoms with van der Waals surface area (Å²) in [5, 5.41) is 18.5. The molecule has 1 saturated heterocycles. The minimum atomic E-state index is -1.01. The molecule has 1 atom stereocenters. The summed E-state index contributed by atoms with van der Waals surface area (Å²) >= 11 is 5.92. The van der Waals surface area contributed by atoms with E-state index in [1.807, 2.05) is 12.1 Å². The van der Waals surface area contributed by atoms with Crippen LogP contribution in [0.1, 0.15) is 11.3 Å². The number of nitrogens with zero attached hydrogens (tertiary/aromatic N) is 2. The Morgan fingerprint density at radius 2 is 2.37 bits per heavy atom. The second kappa shape index (κ2) is 6.31. The van der Waals surface area contributed by atoms with Gasteiger partial charge in [0, 0.05) is 4.88 Å². The van der Waals surface area contributed by atoms with Crippen LogP contribution in [0.5, 0.6) is 0 Å². The third-order valence-corrected chi connectivity index (χ3v) is 4.69. The highest BCUT2D eigenvalue weighted by molar-refractivity contribution is 9.11. The van der Waals surface area contributed by atoms with Gasteiger partial charge in [-0.1, -0.05) is 11.8 Å². The Morgan fingerprint density at radius 1 is 1.58 bits per heavy atom. The van der Waals surface area contributed by atoms with Gasteiger partial charge in [-0.25, -0.2) is 0 Å². The summed E-state index contributed by atoms with van der Waals surface area (Å²) in [6, 6.07) is 3.78. The molecule has 1 fully saturated rings. The fraction of sp³-hybridized carbons (Fsp3) is 0.200. The molecule has 1 aromatic heterocycles. The highest BCUT2D eigenvalue weighted by atomic mass is 79.9. The number of carbonyl (C=O) groups excluding carboxylic acids is 1. The smallest absolute Gasteiger partial charge is 0.305 e. The standard InChI is InChI=1S/C10H8BrN3O3S2/c11-7-2-1-5(18-7)4-12-14-10-13-9(17)6(19-10)3-8(15)16/h1-2,4,6H,3H2,(H,15,16)(H,13,14,17)/b12-4+. The van der Waals surface area contributed by atoms with Gasteiger partial charge in [-0.05, 0) is 28.1 Å². The number of carbonyl (C=O) groups is 2. The van der Waals surface area contributed by atoms with Crippen molar-refractivity contribution in [2.24, 2.45) is 10.2 Å². The van der Waals surface area contributed by atoms with E-state index in [2.05, 4.69) is 31.4 Å². The molecule has 6 nitrogen and oxygen atoms in total. The Hall–Kier alpha value is -1.19. The van der Waals surface area contributed by atoms with Crippen molar-refractivity contribution < 1.29 is 14.7 Å². The van der Waals surface area contributed by atoms with Gasteiger partial charge >= 0.3 is 5.97 Å². The minimum Gasteiger partial charge on any atom is -0.481 e. The van der Waals surface area contributed by atoms with Crippen LogP contribution >= 0.6 is 39.0 Å². The van der Waals surface area contributed by atoms with Gasteiger partial charge in [0.2, 0.25) is 5.91 Å². The lowest BCUT2D eigenvalue weighted by atomic mass is 10.3. The van der Waals surface area contributed by atoms with Gasteiger partial charge in [-0.15, -0.1) is 16.4 Å². The third kappa shape index (κ3) is 4.15. The Morgan fingerprint density at radius 3 is 3.00 bits per heavy atom. The maximum absolute atomic E-state index is 11.4. The monoisotopic (exact) mass is 361 g/mol. The molecule has 19 heavy (non-hydrogen) atoms. The molecule has 2 N–H and O–H groups in total. The Bertz CT molecular complexity index is 570. The fourth-order valence-electron chi connectivity index (χ4n) is 1.28. The Balaban J connectivity index is 1.96. The van der Waals surface area contributed by atoms with E-state index in [1.165, 1.54) is 11.3 Å². The van der Waals surface area contributed by atoms with Crippen LogP contribution in [0.2, 0.25) is 0 Å². The number of nitrogens with one attached hydrogen (secondary N) is 1. The molecule has 1 aromatic rings. The van der Waals surface area contributed by atoms with Gasteiger partial charge < -0.3 is 10.4 Å². The molecule has 100 valence electrons. The molecule has 0 spiro atoms. The average molecular weight is 362 g/mol. The molecule has 1 aliphatic rings. The number of thiophene rings is 1. The predicted molar refractivity (Wildman–Crippen MR) is 78.8 cm³/mol. The maximum atomic E-state index is 11.4. The van der Waals surface area contributed by atoms with Crippen molar-refractivity contribution in [2.45, 2.75) is 11.7 Å². The lowest BCUT2D eigenvalue weighted by Crippen LogP contribution is -2.26. The van der Waals surface area contributed by atoms with E-state index < -0.39 is 11.2 Å². The number of amidine groups is 1. The summed E-state index contributed by atoms with van der Waals surface area (Å²) in [5.41, 5.74) is 0. The van der Waals surface area contributed by atoms with Gasteiger partial charge in [-0.2, -0.15) is 5.10 Å². The van der Waals surface area contributed by atoms with Crippen molar-refractivity contribution in [3.05, 3.63) is 20.8 Å². The number of aliphatic carboxylic acids is 1. The largest absolute Gasteiger partial charge is 0.481 e. The Labute approximate surface area is 125 Å². The van der Waals surface area contributed by atoms with E-state index in [0.717, 1.165) is 20.4 Å². The second-order valence-corrected chi connectivity index (χ2v) is 7.17. The first-order valence-corrected chi connectivity index (χ1v) is 7.59. The molecule has 2 rings (SSSR count). The molecule has 1 amide bonds. The number of amides is 1.